The van der Waals surface area contributed by atoms with Gasteiger partial charge >= 0.3 is 6.03 Å². The van der Waals surface area contributed by atoms with Gasteiger partial charge in [-0.3, -0.25) is 14.9 Å². The number of imide groups is 1. The van der Waals surface area contributed by atoms with Crippen molar-refractivity contribution >= 4 is 46.9 Å². The summed E-state index contributed by atoms with van der Waals surface area (Å²) in [7, 11) is 0. The van der Waals surface area contributed by atoms with Crippen LogP contribution >= 0.6 is 12.2 Å². The highest BCUT2D eigenvalue weighted by molar-refractivity contribution is 7.71. The van der Waals surface area contributed by atoms with Crippen LogP contribution in [0.1, 0.15) is 22.8 Å². The van der Waals surface area contributed by atoms with Gasteiger partial charge < -0.3 is 20.0 Å². The average Bonchev–Trinajstić information content (AvgIpc) is 3.12. The van der Waals surface area contributed by atoms with Crippen LogP contribution in [0.2, 0.25) is 0 Å². The summed E-state index contributed by atoms with van der Waals surface area (Å²) in [5.74, 6) is -0.795. The van der Waals surface area contributed by atoms with Crippen LogP contribution in [0.3, 0.4) is 0 Å². The van der Waals surface area contributed by atoms with E-state index in [4.69, 9.17) is 16.6 Å². The van der Waals surface area contributed by atoms with Crippen LogP contribution in [-0.2, 0) is 10.3 Å². The van der Waals surface area contributed by atoms with Crippen molar-refractivity contribution in [2.45, 2.75) is 12.5 Å². The Labute approximate surface area is 157 Å². The number of carbonyl (C=O) groups excluding carboxylic acids is 3. The smallest absolute Gasteiger partial charge is 0.322 e. The fourth-order valence-electron chi connectivity index (χ4n) is 2.94. The molecule has 4 rings (SSSR count). The third-order valence-electron chi connectivity index (χ3n) is 4.43. The third kappa shape index (κ3) is 2.97. The lowest BCUT2D eigenvalue weighted by molar-refractivity contribution is -0.123. The Kier molecular flexibility index (Phi) is 3.81. The van der Waals surface area contributed by atoms with Gasteiger partial charge in [0.25, 0.3) is 16.7 Å². The summed E-state index contributed by atoms with van der Waals surface area (Å²) in [4.78, 5) is 39.2. The van der Waals surface area contributed by atoms with Gasteiger partial charge in [0.2, 0.25) is 0 Å². The van der Waals surface area contributed by atoms with Crippen molar-refractivity contribution in [2.75, 3.05) is 5.32 Å². The monoisotopic (exact) mass is 382 g/mol. The maximum Gasteiger partial charge on any atom is 0.322 e. The van der Waals surface area contributed by atoms with E-state index in [1.54, 1.807) is 49.4 Å². The molecule has 4 N–H and O–H groups in total. The summed E-state index contributed by atoms with van der Waals surface area (Å²) in [6.07, 6.45) is 0. The van der Waals surface area contributed by atoms with Gasteiger partial charge in [-0.25, -0.2) is 4.79 Å². The lowest BCUT2D eigenvalue weighted by atomic mass is 9.92. The number of aromatic amines is 1. The minimum atomic E-state index is -1.19. The van der Waals surface area contributed by atoms with Crippen LogP contribution < -0.4 is 16.0 Å². The highest BCUT2D eigenvalue weighted by atomic mass is 32.1. The van der Waals surface area contributed by atoms with Crippen molar-refractivity contribution < 1.29 is 18.8 Å². The topological polar surface area (TPSA) is 116 Å². The zero-order valence-electron chi connectivity index (χ0n) is 14.1. The molecule has 1 saturated heterocycles. The van der Waals surface area contributed by atoms with Crippen LogP contribution in [-0.4, -0.2) is 22.8 Å². The third-order valence-corrected chi connectivity index (χ3v) is 4.61. The van der Waals surface area contributed by atoms with Crippen LogP contribution in [0.25, 0.3) is 11.1 Å². The highest BCUT2D eigenvalue weighted by Crippen LogP contribution is 2.27. The maximum absolute atomic E-state index is 12.6. The number of amides is 4. The highest BCUT2D eigenvalue weighted by Gasteiger charge is 2.43. The molecule has 8 nitrogen and oxygen atoms in total. The van der Waals surface area contributed by atoms with E-state index in [1.807, 2.05) is 0 Å². The molecular formula is C18H14N4O4S. The first-order chi connectivity index (χ1) is 12.8. The fraction of sp³-hybridized carbons (Fsp3) is 0.111. The first-order valence-corrected chi connectivity index (χ1v) is 8.44. The summed E-state index contributed by atoms with van der Waals surface area (Å²) < 4.78 is 5.33. The zero-order chi connectivity index (χ0) is 19.2. The average molecular weight is 382 g/mol. The number of aromatic nitrogens is 1. The Balaban J connectivity index is 1.60. The molecule has 0 radical (unpaired) electrons. The quantitative estimate of drug-likeness (QED) is 0.411. The van der Waals surface area contributed by atoms with Crippen molar-refractivity contribution in [1.82, 2.24) is 15.6 Å². The summed E-state index contributed by atoms with van der Waals surface area (Å²) in [5, 5.41) is 7.58. The Hall–Kier alpha value is -3.46. The van der Waals surface area contributed by atoms with Gasteiger partial charge in [-0.1, -0.05) is 12.1 Å². The molecule has 1 aliphatic rings. The molecule has 1 unspecified atom stereocenters. The Morgan fingerprint density at radius 3 is 2.74 bits per heavy atom. The second-order valence-corrected chi connectivity index (χ2v) is 6.66. The molecular weight excluding hydrogens is 368 g/mol. The van der Waals surface area contributed by atoms with Crippen molar-refractivity contribution in [3.63, 3.8) is 0 Å². The molecule has 136 valence electrons. The molecule has 4 amide bonds. The molecule has 1 fully saturated rings. The van der Waals surface area contributed by atoms with Gasteiger partial charge in [0, 0.05) is 11.3 Å². The fourth-order valence-corrected chi connectivity index (χ4v) is 3.14. The summed E-state index contributed by atoms with van der Waals surface area (Å²) in [5.41, 5.74) is 1.43. The number of urea groups is 1. The number of carbonyl (C=O) groups is 3. The van der Waals surface area contributed by atoms with Crippen molar-refractivity contribution in [2.24, 2.45) is 0 Å². The van der Waals surface area contributed by atoms with Crippen LogP contribution in [0, 0.1) is 4.84 Å². The van der Waals surface area contributed by atoms with Gasteiger partial charge in [-0.15, -0.1) is 0 Å². The molecule has 1 aliphatic heterocycles. The van der Waals surface area contributed by atoms with Gasteiger partial charge in [0.1, 0.15) is 5.54 Å². The summed E-state index contributed by atoms with van der Waals surface area (Å²) in [6, 6.07) is 11.1. The van der Waals surface area contributed by atoms with Crippen LogP contribution in [0.15, 0.2) is 46.9 Å². The van der Waals surface area contributed by atoms with E-state index in [1.165, 1.54) is 0 Å². The van der Waals surface area contributed by atoms with E-state index in [0.29, 0.717) is 27.9 Å². The molecule has 27 heavy (non-hydrogen) atoms. The van der Waals surface area contributed by atoms with Crippen LogP contribution in [0.5, 0.6) is 0 Å². The summed E-state index contributed by atoms with van der Waals surface area (Å²) >= 11 is 4.94. The Morgan fingerprint density at radius 2 is 2.00 bits per heavy atom. The SMILES string of the molecule is CC1(c2cccc(NC(=O)c3ccc4[nH]c(=S)oc4c3)c2)NC(=O)NC1=O. The zero-order valence-corrected chi connectivity index (χ0v) is 14.9. The van der Waals surface area contributed by atoms with Gasteiger partial charge in [-0.05, 0) is 55.0 Å². The molecule has 1 aromatic heterocycles. The number of benzene rings is 2. The van der Waals surface area contributed by atoms with Gasteiger partial charge in [-0.2, -0.15) is 0 Å². The van der Waals surface area contributed by atoms with E-state index in [2.05, 4.69) is 20.9 Å². The largest absolute Gasteiger partial charge is 0.429 e. The van der Waals surface area contributed by atoms with Crippen molar-refractivity contribution in [3.8, 4) is 0 Å². The first kappa shape index (κ1) is 17.0. The minimum Gasteiger partial charge on any atom is -0.429 e. The second-order valence-electron chi connectivity index (χ2n) is 6.29. The van der Waals surface area contributed by atoms with E-state index in [0.717, 1.165) is 0 Å². The van der Waals surface area contributed by atoms with E-state index >= 15 is 0 Å². The molecule has 0 saturated carbocycles. The molecule has 2 aromatic carbocycles. The van der Waals surface area contributed by atoms with Crippen LogP contribution in [0.4, 0.5) is 10.5 Å². The number of nitrogens with one attached hydrogen (secondary N) is 4. The number of H-pyrrole nitrogens is 1. The number of rotatable bonds is 3. The van der Waals surface area contributed by atoms with E-state index in [9.17, 15) is 14.4 Å². The number of oxazole rings is 1. The Bertz CT molecular complexity index is 1170. The molecule has 0 aliphatic carbocycles. The molecule has 9 heteroatoms. The molecule has 0 bridgehead atoms. The van der Waals surface area contributed by atoms with Crippen molar-refractivity contribution in [3.05, 3.63) is 58.4 Å². The maximum atomic E-state index is 12.6. The molecule has 2 heterocycles. The Morgan fingerprint density at radius 1 is 1.19 bits per heavy atom. The first-order valence-electron chi connectivity index (χ1n) is 8.03. The normalized spacial score (nSPS) is 19.0. The second kappa shape index (κ2) is 6.06. The standard InChI is InChI=1S/C18H14N4O4S/c1-18(15(24)21-16(25)22-18)10-3-2-4-11(8-10)19-14(23)9-5-6-12-13(7-9)26-17(27)20-12/h2-8H,1H3,(H,19,23)(H,20,27)(H2,21,22,24,25). The predicted molar refractivity (Wildman–Crippen MR) is 99.8 cm³/mol. The number of hydrogen-bond donors (Lipinski definition) is 4. The van der Waals surface area contributed by atoms with Gasteiger partial charge in [0.15, 0.2) is 5.58 Å². The van der Waals surface area contributed by atoms with E-state index in [-0.39, 0.29) is 10.7 Å². The lowest BCUT2D eigenvalue weighted by Gasteiger charge is -2.21. The lowest BCUT2D eigenvalue weighted by Crippen LogP contribution is -2.40. The van der Waals surface area contributed by atoms with Gasteiger partial charge in [0.05, 0.1) is 5.52 Å². The molecule has 0 spiro atoms. The number of anilines is 1. The van der Waals surface area contributed by atoms with E-state index < -0.39 is 17.5 Å². The number of fused-ring (bicyclic) bond motifs is 1. The molecule has 3 aromatic rings. The molecule has 1 atom stereocenters. The number of hydrogen-bond acceptors (Lipinski definition) is 5. The summed E-state index contributed by atoms with van der Waals surface area (Å²) in [6.45, 7) is 1.60. The van der Waals surface area contributed by atoms with Crippen molar-refractivity contribution in [1.29, 1.82) is 0 Å². The predicted octanol–water partition coefficient (Wildman–Crippen LogP) is 2.80. The minimum absolute atomic E-state index is 0.236.